The number of likely N-dealkylation sites (tertiary alicyclic amines) is 1. The Balaban J connectivity index is 1.73. The highest BCUT2D eigenvalue weighted by Crippen LogP contribution is 2.24. The lowest BCUT2D eigenvalue weighted by atomic mass is 10.1. The van der Waals surface area contributed by atoms with E-state index in [0.29, 0.717) is 11.5 Å². The molecule has 0 aliphatic carbocycles. The molecule has 1 heterocycles. The van der Waals surface area contributed by atoms with Crippen molar-refractivity contribution < 1.29 is 17.9 Å². The number of allylic oxidation sites excluding steroid dienone is 1. The van der Waals surface area contributed by atoms with Gasteiger partial charge in [-0.3, -0.25) is 5.41 Å². The summed E-state index contributed by atoms with van der Waals surface area (Å²) in [4.78, 5) is 4.71. The number of nitrogens with one attached hydrogen (secondary N) is 2. The molecule has 1 fully saturated rings. The molecule has 0 radical (unpaired) electrons. The van der Waals surface area contributed by atoms with Gasteiger partial charge in [-0.05, 0) is 89.0 Å². The summed E-state index contributed by atoms with van der Waals surface area (Å²) in [5.41, 5.74) is 1.40. The average molecular weight is 483 g/mol. The summed E-state index contributed by atoms with van der Waals surface area (Å²) in [5, 5.41) is 11.6. The zero-order valence-corrected chi connectivity index (χ0v) is 20.7. The number of hydrogen-bond acceptors (Lipinski definition) is 4. The molecule has 8 heteroatoms. The van der Waals surface area contributed by atoms with E-state index in [4.69, 9.17) is 5.41 Å². The van der Waals surface area contributed by atoms with Crippen molar-refractivity contribution >= 4 is 11.5 Å². The SMILES string of the molecule is CCCN(CCCCCCN1CCCCCC1)C(=N)/C=C(/C)Nc1ccc(OC(F)(F)F)cc1. The molecule has 1 aromatic carbocycles. The van der Waals surface area contributed by atoms with Gasteiger partial charge in [0.2, 0.25) is 0 Å². The van der Waals surface area contributed by atoms with Crippen molar-refractivity contribution in [3.63, 3.8) is 0 Å². The highest BCUT2D eigenvalue weighted by molar-refractivity contribution is 5.91. The van der Waals surface area contributed by atoms with Crippen LogP contribution in [0.5, 0.6) is 5.75 Å². The summed E-state index contributed by atoms with van der Waals surface area (Å²) in [5.74, 6) is 0.196. The number of nitrogens with zero attached hydrogens (tertiary/aromatic N) is 2. The van der Waals surface area contributed by atoms with Crippen LogP contribution < -0.4 is 10.1 Å². The predicted molar refractivity (Wildman–Crippen MR) is 133 cm³/mol. The zero-order chi connectivity index (χ0) is 24.8. The Morgan fingerprint density at radius 2 is 1.68 bits per heavy atom. The Morgan fingerprint density at radius 1 is 1.03 bits per heavy atom. The van der Waals surface area contributed by atoms with E-state index in [0.717, 1.165) is 31.6 Å². The highest BCUT2D eigenvalue weighted by Gasteiger charge is 2.30. The van der Waals surface area contributed by atoms with E-state index in [2.05, 4.69) is 26.8 Å². The molecule has 1 aromatic rings. The zero-order valence-electron chi connectivity index (χ0n) is 20.7. The molecular weight excluding hydrogens is 441 g/mol. The van der Waals surface area contributed by atoms with E-state index in [1.165, 1.54) is 88.8 Å². The molecule has 5 nitrogen and oxygen atoms in total. The number of hydrogen-bond donors (Lipinski definition) is 2. The molecule has 0 saturated carbocycles. The molecule has 0 bridgehead atoms. The Kier molecular flexibility index (Phi) is 12.3. The fourth-order valence-corrected chi connectivity index (χ4v) is 4.27. The first kappa shape index (κ1) is 28.0. The second-order valence-corrected chi connectivity index (χ2v) is 9.07. The third-order valence-corrected chi connectivity index (χ3v) is 5.97. The summed E-state index contributed by atoms with van der Waals surface area (Å²) < 4.78 is 40.8. The average Bonchev–Trinajstić information content (AvgIpc) is 3.04. The van der Waals surface area contributed by atoms with Gasteiger partial charge in [0.05, 0.1) is 0 Å². The summed E-state index contributed by atoms with van der Waals surface area (Å²) in [6.07, 6.45) is 8.21. The first-order valence-electron chi connectivity index (χ1n) is 12.6. The summed E-state index contributed by atoms with van der Waals surface area (Å²) in [6.45, 7) is 9.39. The molecule has 34 heavy (non-hydrogen) atoms. The predicted octanol–water partition coefficient (Wildman–Crippen LogP) is 7.03. The van der Waals surface area contributed by atoms with Crippen molar-refractivity contribution in [1.29, 1.82) is 5.41 Å². The van der Waals surface area contributed by atoms with Crippen LogP contribution in [-0.4, -0.2) is 54.7 Å². The van der Waals surface area contributed by atoms with Crippen molar-refractivity contribution in [3.8, 4) is 5.75 Å². The Morgan fingerprint density at radius 3 is 2.29 bits per heavy atom. The van der Waals surface area contributed by atoms with Crippen LogP contribution in [0.25, 0.3) is 0 Å². The number of alkyl halides is 3. The summed E-state index contributed by atoms with van der Waals surface area (Å²) >= 11 is 0. The van der Waals surface area contributed by atoms with Gasteiger partial charge < -0.3 is 19.9 Å². The Labute approximate surface area is 202 Å². The molecule has 0 spiro atoms. The van der Waals surface area contributed by atoms with Crippen LogP contribution in [0.2, 0.25) is 0 Å². The van der Waals surface area contributed by atoms with Crippen LogP contribution in [0, 0.1) is 5.41 Å². The fourth-order valence-electron chi connectivity index (χ4n) is 4.27. The van der Waals surface area contributed by atoms with Gasteiger partial charge in [0.25, 0.3) is 0 Å². The normalized spacial score (nSPS) is 15.6. The van der Waals surface area contributed by atoms with E-state index in [1.54, 1.807) is 6.08 Å². The van der Waals surface area contributed by atoms with Crippen molar-refractivity contribution in [2.24, 2.45) is 0 Å². The first-order chi connectivity index (χ1) is 16.3. The van der Waals surface area contributed by atoms with Crippen LogP contribution in [-0.2, 0) is 0 Å². The molecular formula is C26H41F3N4O. The summed E-state index contributed by atoms with van der Waals surface area (Å²) in [7, 11) is 0. The van der Waals surface area contributed by atoms with E-state index in [-0.39, 0.29) is 5.75 Å². The van der Waals surface area contributed by atoms with Gasteiger partial charge in [0, 0.05) is 24.5 Å². The third kappa shape index (κ3) is 11.8. The van der Waals surface area contributed by atoms with Gasteiger partial charge >= 0.3 is 6.36 Å². The number of rotatable bonds is 13. The van der Waals surface area contributed by atoms with Gasteiger partial charge in [-0.1, -0.05) is 32.6 Å². The minimum absolute atomic E-state index is 0.257. The Bertz CT molecular complexity index is 741. The number of ether oxygens (including phenoxy) is 1. The fraction of sp³-hybridized carbons (Fsp3) is 0.654. The number of benzene rings is 1. The molecule has 1 saturated heterocycles. The third-order valence-electron chi connectivity index (χ3n) is 5.97. The van der Waals surface area contributed by atoms with Crippen LogP contribution in [0.4, 0.5) is 18.9 Å². The molecule has 0 unspecified atom stereocenters. The minimum Gasteiger partial charge on any atom is -0.406 e. The van der Waals surface area contributed by atoms with Crippen molar-refractivity contribution in [2.75, 3.05) is 38.0 Å². The topological polar surface area (TPSA) is 51.6 Å². The van der Waals surface area contributed by atoms with Gasteiger partial charge in [-0.25, -0.2) is 0 Å². The first-order valence-corrected chi connectivity index (χ1v) is 12.6. The largest absolute Gasteiger partial charge is 0.573 e. The number of amidine groups is 1. The van der Waals surface area contributed by atoms with Crippen molar-refractivity contribution in [1.82, 2.24) is 9.80 Å². The van der Waals surface area contributed by atoms with Gasteiger partial charge in [-0.15, -0.1) is 13.2 Å². The summed E-state index contributed by atoms with van der Waals surface area (Å²) in [6, 6.07) is 5.59. The monoisotopic (exact) mass is 482 g/mol. The molecule has 0 amide bonds. The number of unbranched alkanes of at least 4 members (excludes halogenated alkanes) is 3. The number of anilines is 1. The highest BCUT2D eigenvalue weighted by atomic mass is 19.4. The van der Waals surface area contributed by atoms with Crippen LogP contribution in [0.1, 0.15) is 71.6 Å². The lowest BCUT2D eigenvalue weighted by Gasteiger charge is -2.24. The lowest BCUT2D eigenvalue weighted by Crippen LogP contribution is -2.31. The van der Waals surface area contributed by atoms with Crippen molar-refractivity contribution in [2.45, 2.75) is 78.0 Å². The van der Waals surface area contributed by atoms with E-state index in [1.807, 2.05) is 6.92 Å². The quantitative estimate of drug-likeness (QED) is 0.180. The lowest BCUT2D eigenvalue weighted by molar-refractivity contribution is -0.274. The maximum Gasteiger partial charge on any atom is 0.573 e. The molecule has 192 valence electrons. The van der Waals surface area contributed by atoms with Crippen LogP contribution in [0.3, 0.4) is 0 Å². The van der Waals surface area contributed by atoms with E-state index < -0.39 is 6.36 Å². The Hall–Kier alpha value is -2.22. The van der Waals surface area contributed by atoms with E-state index in [9.17, 15) is 13.2 Å². The van der Waals surface area contributed by atoms with Gasteiger partial charge in [0.1, 0.15) is 11.6 Å². The van der Waals surface area contributed by atoms with Crippen LogP contribution in [0.15, 0.2) is 36.0 Å². The molecule has 0 atom stereocenters. The number of halogens is 3. The standard InChI is InChI=1S/C26H41F3N4O/c1-3-16-33(20-11-7-6-10-19-32-17-8-4-5-9-18-32)25(30)21-22(2)31-23-12-14-24(15-13-23)34-26(27,28)29/h12-15,21,30-31H,3-11,16-20H2,1-2H3/b22-21-,30-25?. The maximum atomic E-state index is 12.3. The maximum absolute atomic E-state index is 12.3. The van der Waals surface area contributed by atoms with Gasteiger partial charge in [0.15, 0.2) is 0 Å². The second kappa shape index (κ2) is 14.9. The molecule has 1 aliphatic rings. The molecule has 0 aromatic heterocycles. The molecule has 2 rings (SSSR count). The van der Waals surface area contributed by atoms with Crippen molar-refractivity contribution in [3.05, 3.63) is 36.0 Å². The van der Waals surface area contributed by atoms with Crippen LogP contribution >= 0.6 is 0 Å². The molecule has 2 N–H and O–H groups in total. The molecule has 1 aliphatic heterocycles. The van der Waals surface area contributed by atoms with E-state index >= 15 is 0 Å². The smallest absolute Gasteiger partial charge is 0.406 e. The van der Waals surface area contributed by atoms with Gasteiger partial charge in [-0.2, -0.15) is 0 Å². The second-order valence-electron chi connectivity index (χ2n) is 9.07. The minimum atomic E-state index is -4.70.